The van der Waals surface area contributed by atoms with Crippen molar-refractivity contribution >= 4 is 35.2 Å². The van der Waals surface area contributed by atoms with E-state index in [-0.39, 0.29) is 5.78 Å². The topological polar surface area (TPSA) is 26.3 Å². The van der Waals surface area contributed by atoms with Gasteiger partial charge in [-0.25, -0.2) is 0 Å². The summed E-state index contributed by atoms with van der Waals surface area (Å²) in [4.78, 5) is 14.8. The predicted molar refractivity (Wildman–Crippen MR) is 114 cm³/mol. The number of rotatable bonds is 6. The maximum atomic E-state index is 13.1. The molecule has 0 aliphatic rings. The Hall–Kier alpha value is -2.49. The number of aryl methyl sites for hydroxylation is 1. The van der Waals surface area contributed by atoms with Crippen molar-refractivity contribution in [2.75, 3.05) is 7.11 Å². The van der Waals surface area contributed by atoms with Crippen LogP contribution in [0.15, 0.2) is 82.6 Å². The molecule has 0 saturated carbocycles. The largest absolute Gasteiger partial charge is 0.497 e. The number of carbonyl (C=O) groups excluding carboxylic acids is 1. The Balaban J connectivity index is 1.96. The van der Waals surface area contributed by atoms with Gasteiger partial charge in [-0.15, -0.1) is 0 Å². The van der Waals surface area contributed by atoms with Crippen LogP contribution in [0.3, 0.4) is 0 Å². The van der Waals surface area contributed by atoms with Gasteiger partial charge in [0.15, 0.2) is 5.78 Å². The monoisotopic (exact) mass is 394 g/mol. The lowest BCUT2D eigenvalue weighted by atomic mass is 10.1. The number of methoxy groups -OCH3 is 1. The molecule has 136 valence electrons. The van der Waals surface area contributed by atoms with Crippen LogP contribution in [-0.4, -0.2) is 12.9 Å². The third-order valence-corrected chi connectivity index (χ3v) is 5.28. The standard InChI is InChI=1S/C23H19ClO2S/c1-16-3-13-21(14-4-16)27-22(15-17-5-11-20(26-2)12-6-17)23(25)18-7-9-19(24)10-8-18/h3-15H,1-2H3. The molecule has 4 heteroatoms. The molecular formula is C23H19ClO2S. The van der Waals surface area contributed by atoms with Gasteiger partial charge in [-0.3, -0.25) is 4.79 Å². The van der Waals surface area contributed by atoms with Crippen molar-refractivity contribution < 1.29 is 9.53 Å². The first-order valence-corrected chi connectivity index (χ1v) is 9.65. The van der Waals surface area contributed by atoms with Gasteiger partial charge in [0, 0.05) is 15.5 Å². The molecule has 0 atom stereocenters. The van der Waals surface area contributed by atoms with E-state index >= 15 is 0 Å². The van der Waals surface area contributed by atoms with Gasteiger partial charge in [-0.05, 0) is 67.1 Å². The van der Waals surface area contributed by atoms with Crippen LogP contribution in [0.2, 0.25) is 5.02 Å². The highest BCUT2D eigenvalue weighted by molar-refractivity contribution is 8.04. The van der Waals surface area contributed by atoms with Crippen molar-refractivity contribution in [1.29, 1.82) is 0 Å². The normalized spacial score (nSPS) is 11.3. The molecule has 0 aromatic heterocycles. The Kier molecular flexibility index (Phi) is 6.38. The van der Waals surface area contributed by atoms with Gasteiger partial charge in [0.2, 0.25) is 0 Å². The number of benzene rings is 3. The molecule has 3 aromatic carbocycles. The molecule has 0 N–H and O–H groups in total. The van der Waals surface area contributed by atoms with Crippen LogP contribution in [0.1, 0.15) is 21.5 Å². The van der Waals surface area contributed by atoms with Crippen molar-refractivity contribution in [3.05, 3.63) is 99.4 Å². The number of thioether (sulfide) groups is 1. The van der Waals surface area contributed by atoms with Crippen LogP contribution >= 0.6 is 23.4 Å². The highest BCUT2D eigenvalue weighted by Crippen LogP contribution is 2.31. The van der Waals surface area contributed by atoms with Gasteiger partial charge >= 0.3 is 0 Å². The molecule has 0 aliphatic carbocycles. The van der Waals surface area contributed by atoms with Crippen molar-refractivity contribution in [2.45, 2.75) is 11.8 Å². The van der Waals surface area contributed by atoms with Gasteiger partial charge in [0.05, 0.1) is 12.0 Å². The molecule has 0 amide bonds. The summed E-state index contributed by atoms with van der Waals surface area (Å²) in [6.07, 6.45) is 1.90. The second-order valence-electron chi connectivity index (χ2n) is 6.03. The molecule has 2 nitrogen and oxygen atoms in total. The molecular weight excluding hydrogens is 376 g/mol. The number of carbonyl (C=O) groups is 1. The lowest BCUT2D eigenvalue weighted by molar-refractivity contribution is 0.104. The summed E-state index contributed by atoms with van der Waals surface area (Å²) in [5.41, 5.74) is 2.73. The number of ether oxygens (including phenoxy) is 1. The molecule has 3 rings (SSSR count). The highest BCUT2D eigenvalue weighted by Gasteiger charge is 2.14. The zero-order valence-electron chi connectivity index (χ0n) is 15.1. The minimum atomic E-state index is -0.0342. The van der Waals surface area contributed by atoms with Crippen molar-refractivity contribution in [1.82, 2.24) is 0 Å². The molecule has 0 saturated heterocycles. The summed E-state index contributed by atoms with van der Waals surface area (Å²) >= 11 is 7.41. The fourth-order valence-corrected chi connectivity index (χ4v) is 3.53. The van der Waals surface area contributed by atoms with E-state index in [0.29, 0.717) is 15.5 Å². The Morgan fingerprint density at radius 1 is 0.926 bits per heavy atom. The first-order valence-electron chi connectivity index (χ1n) is 8.46. The smallest absolute Gasteiger partial charge is 0.199 e. The van der Waals surface area contributed by atoms with Crippen molar-refractivity contribution in [3.8, 4) is 5.75 Å². The molecule has 0 fully saturated rings. The molecule has 27 heavy (non-hydrogen) atoms. The third kappa shape index (κ3) is 5.25. The van der Waals surface area contributed by atoms with Crippen LogP contribution in [0.25, 0.3) is 6.08 Å². The van der Waals surface area contributed by atoms with E-state index in [9.17, 15) is 4.79 Å². The number of hydrogen-bond donors (Lipinski definition) is 0. The van der Waals surface area contributed by atoms with Crippen LogP contribution < -0.4 is 4.74 Å². The van der Waals surface area contributed by atoms with Gasteiger partial charge < -0.3 is 4.74 Å². The molecule has 0 radical (unpaired) electrons. The fraction of sp³-hybridized carbons (Fsp3) is 0.0870. The van der Waals surface area contributed by atoms with Crippen LogP contribution in [-0.2, 0) is 0 Å². The summed E-state index contributed by atoms with van der Waals surface area (Å²) in [7, 11) is 1.63. The SMILES string of the molecule is COc1ccc(C=C(Sc2ccc(C)cc2)C(=O)c2ccc(Cl)cc2)cc1. The summed E-state index contributed by atoms with van der Waals surface area (Å²) in [6.45, 7) is 2.04. The van der Waals surface area contributed by atoms with Gasteiger partial charge in [-0.1, -0.05) is 53.2 Å². The van der Waals surface area contributed by atoms with Gasteiger partial charge in [0.1, 0.15) is 5.75 Å². The minimum Gasteiger partial charge on any atom is -0.497 e. The number of hydrogen-bond acceptors (Lipinski definition) is 3. The van der Waals surface area contributed by atoms with Crippen LogP contribution in [0.5, 0.6) is 5.75 Å². The minimum absolute atomic E-state index is 0.0342. The average Bonchev–Trinajstić information content (AvgIpc) is 2.70. The van der Waals surface area contributed by atoms with Crippen molar-refractivity contribution in [3.63, 3.8) is 0 Å². The predicted octanol–water partition coefficient (Wildman–Crippen LogP) is 6.67. The van der Waals surface area contributed by atoms with E-state index in [0.717, 1.165) is 16.2 Å². The number of Topliss-reactive ketones (excluding diaryl/α,β-unsaturated/α-hetero) is 1. The maximum absolute atomic E-state index is 13.1. The summed E-state index contributed by atoms with van der Waals surface area (Å²) in [5, 5.41) is 0.610. The Morgan fingerprint density at radius 2 is 1.56 bits per heavy atom. The second-order valence-corrected chi connectivity index (χ2v) is 7.58. The van der Waals surface area contributed by atoms with Crippen molar-refractivity contribution in [2.24, 2.45) is 0 Å². The second kappa shape index (κ2) is 8.94. The molecule has 0 heterocycles. The molecule has 3 aromatic rings. The number of halogens is 1. The van der Waals surface area contributed by atoms with Gasteiger partial charge in [0.25, 0.3) is 0 Å². The molecule has 0 bridgehead atoms. The van der Waals surface area contributed by atoms with E-state index in [4.69, 9.17) is 16.3 Å². The summed E-state index contributed by atoms with van der Waals surface area (Å²) in [5.74, 6) is 0.747. The summed E-state index contributed by atoms with van der Waals surface area (Å²) in [6, 6.07) is 22.7. The molecule has 0 aliphatic heterocycles. The van der Waals surface area contributed by atoms with E-state index < -0.39 is 0 Å². The van der Waals surface area contributed by atoms with E-state index in [1.54, 1.807) is 31.4 Å². The summed E-state index contributed by atoms with van der Waals surface area (Å²) < 4.78 is 5.20. The first-order chi connectivity index (χ1) is 13.0. The Bertz CT molecular complexity index is 943. The average molecular weight is 395 g/mol. The Labute approximate surface area is 168 Å². The Morgan fingerprint density at radius 3 is 2.15 bits per heavy atom. The number of allylic oxidation sites excluding steroid dienone is 1. The van der Waals surface area contributed by atoms with Gasteiger partial charge in [-0.2, -0.15) is 0 Å². The highest BCUT2D eigenvalue weighted by atomic mass is 35.5. The van der Waals surface area contributed by atoms with E-state index in [1.165, 1.54) is 17.3 Å². The fourth-order valence-electron chi connectivity index (χ4n) is 2.47. The molecule has 0 unspecified atom stereocenters. The lowest BCUT2D eigenvalue weighted by Crippen LogP contribution is -2.01. The first kappa shape index (κ1) is 19.3. The zero-order chi connectivity index (χ0) is 19.2. The van der Waals surface area contributed by atoms with E-state index in [2.05, 4.69) is 0 Å². The number of ketones is 1. The van der Waals surface area contributed by atoms with Crippen LogP contribution in [0, 0.1) is 6.92 Å². The lowest BCUT2D eigenvalue weighted by Gasteiger charge is -2.08. The molecule has 0 spiro atoms. The maximum Gasteiger partial charge on any atom is 0.199 e. The van der Waals surface area contributed by atoms with E-state index in [1.807, 2.05) is 61.5 Å². The van der Waals surface area contributed by atoms with Crippen LogP contribution in [0.4, 0.5) is 0 Å². The zero-order valence-corrected chi connectivity index (χ0v) is 16.7. The third-order valence-electron chi connectivity index (χ3n) is 3.99. The quantitative estimate of drug-likeness (QED) is 0.265.